The lowest BCUT2D eigenvalue weighted by atomic mass is 10.2. The monoisotopic (exact) mass is 512 g/mol. The van der Waals surface area contributed by atoms with Gasteiger partial charge in [0.1, 0.15) is 12.0 Å². The molecule has 0 aromatic carbocycles. The van der Waals surface area contributed by atoms with Gasteiger partial charge in [-0.25, -0.2) is 8.42 Å². The molecule has 3 heterocycles. The van der Waals surface area contributed by atoms with Crippen molar-refractivity contribution in [3.8, 4) is 0 Å². The second-order valence-corrected chi connectivity index (χ2v) is 8.81. The van der Waals surface area contributed by atoms with Crippen molar-refractivity contribution in [3.05, 3.63) is 18.0 Å². The van der Waals surface area contributed by atoms with E-state index < -0.39 is 10.0 Å². The first-order valence-corrected chi connectivity index (χ1v) is 10.6. The number of sulfonamides is 1. The van der Waals surface area contributed by atoms with E-state index in [1.54, 1.807) is 13.1 Å². The fraction of sp³-hybridized carbons (Fsp3) is 0.750. The maximum atomic E-state index is 12.5. The highest BCUT2D eigenvalue weighted by Gasteiger charge is 2.29. The van der Waals surface area contributed by atoms with Gasteiger partial charge in [-0.1, -0.05) is 5.16 Å². The Morgan fingerprint density at radius 1 is 1.33 bits per heavy atom. The number of likely N-dealkylation sites (tertiary alicyclic amines) is 1. The third-order valence-electron chi connectivity index (χ3n) is 5.13. The molecule has 154 valence electrons. The number of hydrogen-bond donors (Lipinski definition) is 1. The molecule has 9 nitrogen and oxygen atoms in total. The molecule has 2 fully saturated rings. The summed E-state index contributed by atoms with van der Waals surface area (Å²) in [4.78, 5) is 8.86. The summed E-state index contributed by atoms with van der Waals surface area (Å²) in [6.07, 6.45) is 3.83. The van der Waals surface area contributed by atoms with E-state index in [2.05, 4.69) is 32.3 Å². The molecule has 1 aromatic rings. The van der Waals surface area contributed by atoms with E-state index in [4.69, 9.17) is 4.52 Å². The van der Waals surface area contributed by atoms with Gasteiger partial charge in [0, 0.05) is 51.9 Å². The molecule has 0 amide bonds. The summed E-state index contributed by atoms with van der Waals surface area (Å²) in [6.45, 7) is 4.16. The number of rotatable bonds is 5. The summed E-state index contributed by atoms with van der Waals surface area (Å²) in [5, 5.41) is 7.14. The van der Waals surface area contributed by atoms with Crippen LogP contribution in [0.25, 0.3) is 0 Å². The van der Waals surface area contributed by atoms with Gasteiger partial charge in [0.15, 0.2) is 5.96 Å². The van der Waals surface area contributed by atoms with Crippen molar-refractivity contribution < 1.29 is 12.9 Å². The van der Waals surface area contributed by atoms with Crippen molar-refractivity contribution in [2.24, 2.45) is 4.99 Å². The van der Waals surface area contributed by atoms with Crippen LogP contribution in [0.15, 0.2) is 21.8 Å². The molecule has 2 saturated heterocycles. The van der Waals surface area contributed by atoms with Crippen molar-refractivity contribution in [3.63, 3.8) is 0 Å². The van der Waals surface area contributed by atoms with Crippen LogP contribution in [0.1, 0.15) is 18.5 Å². The van der Waals surface area contributed by atoms with Gasteiger partial charge in [0.2, 0.25) is 10.0 Å². The topological polar surface area (TPSA) is 94.3 Å². The molecular formula is C16H29IN6O3S. The third-order valence-corrected chi connectivity index (χ3v) is 6.94. The number of nitrogens with zero attached hydrogens (tertiary/aromatic N) is 5. The Balaban J connectivity index is 0.00000261. The summed E-state index contributed by atoms with van der Waals surface area (Å²) < 4.78 is 31.3. The van der Waals surface area contributed by atoms with Gasteiger partial charge in [-0.2, -0.15) is 4.31 Å². The largest absolute Gasteiger partial charge is 0.364 e. The maximum Gasteiger partial charge on any atom is 0.220 e. The summed E-state index contributed by atoms with van der Waals surface area (Å²) in [7, 11) is 0.548. The first-order chi connectivity index (χ1) is 12.5. The van der Waals surface area contributed by atoms with Gasteiger partial charge in [0.05, 0.1) is 5.69 Å². The van der Waals surface area contributed by atoms with E-state index in [1.807, 2.05) is 0 Å². The quantitative estimate of drug-likeness (QED) is 0.347. The number of guanidine groups is 1. The summed E-state index contributed by atoms with van der Waals surface area (Å²) >= 11 is 0. The maximum absolute atomic E-state index is 12.5. The van der Waals surface area contributed by atoms with Crippen molar-refractivity contribution in [1.29, 1.82) is 0 Å². The predicted octanol–water partition coefficient (Wildman–Crippen LogP) is 0.410. The molecule has 1 atom stereocenters. The van der Waals surface area contributed by atoms with Crippen LogP contribution < -0.4 is 5.32 Å². The van der Waals surface area contributed by atoms with Crippen LogP contribution in [0.5, 0.6) is 0 Å². The average Bonchev–Trinajstić information content (AvgIpc) is 3.27. The van der Waals surface area contributed by atoms with E-state index in [1.165, 1.54) is 23.4 Å². The molecule has 3 rings (SSSR count). The van der Waals surface area contributed by atoms with Gasteiger partial charge in [-0.05, 0) is 26.4 Å². The molecule has 1 aromatic heterocycles. The molecular weight excluding hydrogens is 483 g/mol. The van der Waals surface area contributed by atoms with E-state index in [0.29, 0.717) is 37.9 Å². The summed E-state index contributed by atoms with van der Waals surface area (Å²) in [6, 6.07) is 2.12. The highest BCUT2D eigenvalue weighted by molar-refractivity contribution is 14.0. The van der Waals surface area contributed by atoms with Crippen LogP contribution in [0, 0.1) is 0 Å². The highest BCUT2D eigenvalue weighted by Crippen LogP contribution is 2.15. The average molecular weight is 512 g/mol. The lowest BCUT2D eigenvalue weighted by Gasteiger charge is -2.36. The molecule has 2 aliphatic rings. The number of halogens is 1. The predicted molar refractivity (Wildman–Crippen MR) is 115 cm³/mol. The van der Waals surface area contributed by atoms with Crippen LogP contribution in [-0.4, -0.2) is 93.0 Å². The molecule has 27 heavy (non-hydrogen) atoms. The normalized spacial score (nSPS) is 22.7. The van der Waals surface area contributed by atoms with Crippen LogP contribution in [0.3, 0.4) is 0 Å². The minimum absolute atomic E-state index is 0. The highest BCUT2D eigenvalue weighted by atomic mass is 127. The number of aliphatic imine (C=N–C) groups is 1. The smallest absolute Gasteiger partial charge is 0.220 e. The van der Waals surface area contributed by atoms with Crippen LogP contribution in [0.2, 0.25) is 0 Å². The second kappa shape index (κ2) is 10.0. The van der Waals surface area contributed by atoms with Crippen molar-refractivity contribution in [2.45, 2.75) is 24.6 Å². The molecule has 1 unspecified atom stereocenters. The molecule has 0 saturated carbocycles. The number of likely N-dealkylation sites (N-methyl/N-ethyl adjacent to an activating group) is 1. The zero-order valence-electron chi connectivity index (χ0n) is 15.9. The molecule has 2 aliphatic heterocycles. The van der Waals surface area contributed by atoms with Gasteiger partial charge in [0.25, 0.3) is 0 Å². The lowest BCUT2D eigenvalue weighted by Crippen LogP contribution is -2.55. The summed E-state index contributed by atoms with van der Waals surface area (Å²) in [5.74, 6) is 0.726. The molecule has 0 spiro atoms. The fourth-order valence-electron chi connectivity index (χ4n) is 3.55. The van der Waals surface area contributed by atoms with Gasteiger partial charge in [-0.15, -0.1) is 24.0 Å². The second-order valence-electron chi connectivity index (χ2n) is 6.84. The third kappa shape index (κ3) is 5.78. The summed E-state index contributed by atoms with van der Waals surface area (Å²) in [5.41, 5.74) is 0.436. The van der Waals surface area contributed by atoms with Crippen molar-refractivity contribution >= 4 is 40.0 Å². The SMILES string of the molecule is CN=C(NCC1CCCN1C)N1CCN(S(=O)(=O)Cc2ccon2)CC1.I. The Morgan fingerprint density at radius 2 is 2.07 bits per heavy atom. The van der Waals surface area contributed by atoms with E-state index in [-0.39, 0.29) is 29.7 Å². The number of aromatic nitrogens is 1. The van der Waals surface area contributed by atoms with Crippen molar-refractivity contribution in [2.75, 3.05) is 53.4 Å². The molecule has 0 aliphatic carbocycles. The van der Waals surface area contributed by atoms with Crippen LogP contribution in [-0.2, 0) is 15.8 Å². The first kappa shape index (κ1) is 22.4. The minimum Gasteiger partial charge on any atom is -0.364 e. The lowest BCUT2D eigenvalue weighted by molar-refractivity contribution is 0.255. The number of hydrogen-bond acceptors (Lipinski definition) is 6. The zero-order valence-corrected chi connectivity index (χ0v) is 19.0. The number of piperazine rings is 1. The molecule has 0 radical (unpaired) electrons. The molecule has 0 bridgehead atoms. The Hall–Kier alpha value is -0.920. The first-order valence-electron chi connectivity index (χ1n) is 9.02. The Bertz CT molecular complexity index is 704. The van der Waals surface area contributed by atoms with E-state index >= 15 is 0 Å². The van der Waals surface area contributed by atoms with E-state index in [9.17, 15) is 8.42 Å². The van der Waals surface area contributed by atoms with Crippen LogP contribution in [0.4, 0.5) is 0 Å². The minimum atomic E-state index is -3.38. The van der Waals surface area contributed by atoms with Crippen LogP contribution >= 0.6 is 24.0 Å². The Morgan fingerprint density at radius 3 is 2.63 bits per heavy atom. The van der Waals surface area contributed by atoms with Gasteiger partial charge >= 0.3 is 0 Å². The Kier molecular flexibility index (Phi) is 8.31. The van der Waals surface area contributed by atoms with Gasteiger partial charge in [-0.3, -0.25) is 4.99 Å². The van der Waals surface area contributed by atoms with E-state index in [0.717, 1.165) is 19.0 Å². The fourth-order valence-corrected chi connectivity index (χ4v) is 4.97. The number of nitrogens with one attached hydrogen (secondary N) is 1. The molecule has 1 N–H and O–H groups in total. The standard InChI is InChI=1S/C16H28N6O3S.HI/c1-17-16(18-12-15-4-3-6-20(15)2)21-7-9-22(10-8-21)26(23,24)13-14-5-11-25-19-14;/h5,11,15H,3-4,6-10,12-13H2,1-2H3,(H,17,18);1H. The van der Waals surface area contributed by atoms with Gasteiger partial charge < -0.3 is 19.6 Å². The molecule has 11 heteroatoms. The Labute approximate surface area is 178 Å². The zero-order chi connectivity index (χ0) is 18.6. The van der Waals surface area contributed by atoms with Crippen molar-refractivity contribution in [1.82, 2.24) is 24.6 Å².